The van der Waals surface area contributed by atoms with Crippen molar-refractivity contribution in [3.63, 3.8) is 0 Å². The first kappa shape index (κ1) is 17.7. The van der Waals surface area contributed by atoms with Crippen LogP contribution < -0.4 is 5.32 Å². The second-order valence-electron chi connectivity index (χ2n) is 7.46. The minimum Gasteiger partial charge on any atom is -0.451 e. The molecule has 148 valence electrons. The second kappa shape index (κ2) is 6.88. The van der Waals surface area contributed by atoms with Gasteiger partial charge in [0.2, 0.25) is 0 Å². The fourth-order valence-electron chi connectivity index (χ4n) is 4.55. The van der Waals surface area contributed by atoms with Gasteiger partial charge in [-0.2, -0.15) is 0 Å². The summed E-state index contributed by atoms with van der Waals surface area (Å²) in [4.78, 5) is 36.3. The smallest absolute Gasteiger partial charge is 0.276 e. The first-order chi connectivity index (χ1) is 14.2. The molecule has 29 heavy (non-hydrogen) atoms. The molecule has 0 saturated carbocycles. The molecule has 0 aliphatic carbocycles. The van der Waals surface area contributed by atoms with E-state index in [-0.39, 0.29) is 23.9 Å². The maximum Gasteiger partial charge on any atom is 0.276 e. The number of rotatable bonds is 3. The van der Waals surface area contributed by atoms with E-state index in [2.05, 4.69) is 14.9 Å². The third-order valence-electron chi connectivity index (χ3n) is 5.87. The summed E-state index contributed by atoms with van der Waals surface area (Å²) in [6, 6.07) is 9.89. The Bertz CT molecular complexity index is 1060. The average molecular weight is 391 g/mol. The largest absolute Gasteiger partial charge is 0.451 e. The van der Waals surface area contributed by atoms with Gasteiger partial charge in [0.25, 0.3) is 11.8 Å². The van der Waals surface area contributed by atoms with Crippen molar-refractivity contribution < 1.29 is 14.0 Å². The van der Waals surface area contributed by atoms with Crippen LogP contribution in [0.5, 0.6) is 0 Å². The monoisotopic (exact) mass is 391 g/mol. The Hall–Kier alpha value is -3.42. The average Bonchev–Trinajstić information content (AvgIpc) is 3.46. The summed E-state index contributed by atoms with van der Waals surface area (Å²) in [6.07, 6.45) is 5.06. The van der Waals surface area contributed by atoms with Crippen LogP contribution in [-0.2, 0) is 13.0 Å². The zero-order valence-electron chi connectivity index (χ0n) is 16.0. The lowest BCUT2D eigenvalue weighted by molar-refractivity contribution is 0.0660. The van der Waals surface area contributed by atoms with Gasteiger partial charge in [0.15, 0.2) is 12.1 Å². The standard InChI is InChI=1S/C21H21N5O3/c1-22-20(27)18-17-9-14-7-8-15(26(14)21(28)16-11-29-12-23-16)10-25(17)19(24-18)13-5-3-2-4-6-13/h2-6,11-12,14-15H,7-10H2,1H3,(H,22,27)/t14-,15+/m0/s1. The number of imidazole rings is 1. The molecule has 2 aromatic heterocycles. The molecule has 2 bridgehead atoms. The Kier molecular flexibility index (Phi) is 4.19. The van der Waals surface area contributed by atoms with Crippen molar-refractivity contribution in [3.05, 3.63) is 60.1 Å². The van der Waals surface area contributed by atoms with Crippen molar-refractivity contribution in [1.82, 2.24) is 24.8 Å². The van der Waals surface area contributed by atoms with Gasteiger partial charge in [-0.25, -0.2) is 9.97 Å². The predicted octanol–water partition coefficient (Wildman–Crippen LogP) is 2.13. The molecule has 1 N–H and O–H groups in total. The molecule has 0 unspecified atom stereocenters. The summed E-state index contributed by atoms with van der Waals surface area (Å²) in [5.41, 5.74) is 2.60. The van der Waals surface area contributed by atoms with Crippen molar-refractivity contribution in [3.8, 4) is 11.4 Å². The van der Waals surface area contributed by atoms with Gasteiger partial charge in [-0.3, -0.25) is 9.59 Å². The topological polar surface area (TPSA) is 93.3 Å². The number of fused-ring (bicyclic) bond motifs is 3. The summed E-state index contributed by atoms with van der Waals surface area (Å²) in [5.74, 6) is 0.441. The number of oxazole rings is 1. The fraction of sp³-hybridized carbons (Fsp3) is 0.333. The van der Waals surface area contributed by atoms with E-state index in [1.165, 1.54) is 12.7 Å². The van der Waals surface area contributed by atoms with Crippen LogP contribution in [-0.4, -0.2) is 50.4 Å². The van der Waals surface area contributed by atoms with E-state index in [0.717, 1.165) is 29.9 Å². The number of carbonyl (C=O) groups excluding carboxylic acids is 2. The van der Waals surface area contributed by atoms with E-state index in [1.807, 2.05) is 35.2 Å². The molecule has 2 atom stereocenters. The number of nitrogens with zero attached hydrogens (tertiary/aromatic N) is 4. The van der Waals surface area contributed by atoms with E-state index >= 15 is 0 Å². The molecule has 1 fully saturated rings. The van der Waals surface area contributed by atoms with Gasteiger partial charge in [0.05, 0.1) is 11.7 Å². The first-order valence-electron chi connectivity index (χ1n) is 9.75. The zero-order valence-corrected chi connectivity index (χ0v) is 16.0. The number of carbonyl (C=O) groups is 2. The van der Waals surface area contributed by atoms with E-state index in [4.69, 9.17) is 9.40 Å². The third-order valence-corrected chi connectivity index (χ3v) is 5.87. The SMILES string of the molecule is CNC(=O)c1nc(-c2ccccc2)n2c1C[C@@H]1CC[C@H](C2)N1C(=O)c1cocn1. The fourth-order valence-corrected chi connectivity index (χ4v) is 4.55. The molecule has 4 heterocycles. The normalized spacial score (nSPS) is 20.2. The highest BCUT2D eigenvalue weighted by atomic mass is 16.3. The highest BCUT2D eigenvalue weighted by Crippen LogP contribution is 2.36. The molecule has 8 nitrogen and oxygen atoms in total. The van der Waals surface area contributed by atoms with Crippen LogP contribution in [0.4, 0.5) is 0 Å². The van der Waals surface area contributed by atoms with Crippen LogP contribution >= 0.6 is 0 Å². The molecule has 1 saturated heterocycles. The van der Waals surface area contributed by atoms with Crippen molar-refractivity contribution in [2.45, 2.75) is 37.9 Å². The van der Waals surface area contributed by atoms with Gasteiger partial charge in [0, 0.05) is 31.6 Å². The van der Waals surface area contributed by atoms with Crippen LogP contribution in [0.15, 0.2) is 47.4 Å². The Balaban J connectivity index is 1.60. The lowest BCUT2D eigenvalue weighted by atomic mass is 10.1. The van der Waals surface area contributed by atoms with E-state index < -0.39 is 0 Å². The maximum absolute atomic E-state index is 13.1. The zero-order chi connectivity index (χ0) is 20.0. The second-order valence-corrected chi connectivity index (χ2v) is 7.46. The minimum absolute atomic E-state index is 0.00850. The Morgan fingerprint density at radius 3 is 2.69 bits per heavy atom. The molecule has 5 rings (SSSR count). The minimum atomic E-state index is -0.205. The molecule has 0 radical (unpaired) electrons. The van der Waals surface area contributed by atoms with Crippen LogP contribution in [0, 0.1) is 0 Å². The quantitative estimate of drug-likeness (QED) is 0.738. The molecule has 2 amide bonds. The number of aromatic nitrogens is 3. The maximum atomic E-state index is 13.1. The highest BCUT2D eigenvalue weighted by Gasteiger charge is 2.43. The van der Waals surface area contributed by atoms with Crippen molar-refractivity contribution in [2.24, 2.45) is 0 Å². The number of hydrogen-bond acceptors (Lipinski definition) is 5. The number of hydrogen-bond donors (Lipinski definition) is 1. The van der Waals surface area contributed by atoms with Gasteiger partial charge in [-0.05, 0) is 12.8 Å². The lowest BCUT2D eigenvalue weighted by Gasteiger charge is -2.27. The molecule has 2 aliphatic heterocycles. The van der Waals surface area contributed by atoms with Crippen molar-refractivity contribution in [2.75, 3.05) is 7.05 Å². The Morgan fingerprint density at radius 2 is 1.97 bits per heavy atom. The molecule has 2 aliphatic rings. The molecule has 1 aromatic carbocycles. The highest BCUT2D eigenvalue weighted by molar-refractivity contribution is 5.95. The van der Waals surface area contributed by atoms with E-state index in [1.54, 1.807) is 7.05 Å². The molecular weight excluding hydrogens is 370 g/mol. The molecule has 0 spiro atoms. The number of benzene rings is 1. The van der Waals surface area contributed by atoms with Crippen LogP contribution in [0.3, 0.4) is 0 Å². The summed E-state index contributed by atoms with van der Waals surface area (Å²) in [7, 11) is 1.61. The molecule has 3 aromatic rings. The van der Waals surface area contributed by atoms with E-state index in [9.17, 15) is 9.59 Å². The van der Waals surface area contributed by atoms with Crippen LogP contribution in [0.1, 0.15) is 39.5 Å². The van der Waals surface area contributed by atoms with Crippen LogP contribution in [0.25, 0.3) is 11.4 Å². The summed E-state index contributed by atoms with van der Waals surface area (Å²) >= 11 is 0. The van der Waals surface area contributed by atoms with Gasteiger partial charge < -0.3 is 19.2 Å². The molecular formula is C21H21N5O3. The summed E-state index contributed by atoms with van der Waals surface area (Å²) in [6.45, 7) is 0.601. The lowest BCUT2D eigenvalue weighted by Crippen LogP contribution is -2.42. The Labute approximate surface area is 167 Å². The first-order valence-corrected chi connectivity index (χ1v) is 9.75. The Morgan fingerprint density at radius 1 is 1.17 bits per heavy atom. The van der Waals surface area contributed by atoms with Crippen molar-refractivity contribution in [1.29, 1.82) is 0 Å². The van der Waals surface area contributed by atoms with Gasteiger partial charge >= 0.3 is 0 Å². The number of nitrogens with one attached hydrogen (secondary N) is 1. The van der Waals surface area contributed by atoms with Crippen LogP contribution in [0.2, 0.25) is 0 Å². The van der Waals surface area contributed by atoms with Crippen molar-refractivity contribution >= 4 is 11.8 Å². The third kappa shape index (κ3) is 2.83. The van der Waals surface area contributed by atoms with Gasteiger partial charge in [0.1, 0.15) is 17.8 Å². The molecule has 8 heteroatoms. The summed E-state index contributed by atoms with van der Waals surface area (Å²) in [5, 5.41) is 2.70. The van der Waals surface area contributed by atoms with Gasteiger partial charge in [-0.1, -0.05) is 30.3 Å². The number of amides is 2. The van der Waals surface area contributed by atoms with Gasteiger partial charge in [-0.15, -0.1) is 0 Å². The predicted molar refractivity (Wildman–Crippen MR) is 104 cm³/mol. The summed E-state index contributed by atoms with van der Waals surface area (Å²) < 4.78 is 7.13. The van der Waals surface area contributed by atoms with E-state index in [0.29, 0.717) is 24.4 Å².